The van der Waals surface area contributed by atoms with Crippen molar-refractivity contribution in [3.63, 3.8) is 0 Å². The summed E-state index contributed by atoms with van der Waals surface area (Å²) in [7, 11) is 6.75. The summed E-state index contributed by atoms with van der Waals surface area (Å²) in [4.78, 5) is 0. The smallest absolute Gasteiger partial charge is 0.119 e. The summed E-state index contributed by atoms with van der Waals surface area (Å²) in [6.07, 6.45) is 0. The van der Waals surface area contributed by atoms with Crippen molar-refractivity contribution in [2.24, 2.45) is 0 Å². The van der Waals surface area contributed by atoms with E-state index in [0.717, 1.165) is 67.2 Å². The summed E-state index contributed by atoms with van der Waals surface area (Å²) >= 11 is 0. The van der Waals surface area contributed by atoms with Crippen LogP contribution in [-0.2, 0) is 0 Å². The molecule has 5 rings (SSSR count). The Bertz CT molecular complexity index is 1490. The van der Waals surface area contributed by atoms with Crippen molar-refractivity contribution >= 4 is 10.8 Å². The third kappa shape index (κ3) is 4.34. The molecule has 5 aromatic rings. The average molecular weight is 477 g/mol. The van der Waals surface area contributed by atoms with Crippen LogP contribution in [0, 0.1) is 0 Å². The minimum atomic E-state index is 0.815. The molecule has 4 heteroatoms. The van der Waals surface area contributed by atoms with Crippen molar-refractivity contribution in [2.75, 3.05) is 28.4 Å². The van der Waals surface area contributed by atoms with Crippen molar-refractivity contribution in [1.29, 1.82) is 0 Å². The zero-order valence-electron chi connectivity index (χ0n) is 20.9. The Balaban J connectivity index is 1.89. The molecule has 0 aromatic heterocycles. The van der Waals surface area contributed by atoms with Gasteiger partial charge in [0.05, 0.1) is 28.4 Å². The Labute approximate surface area is 211 Å². The quantitative estimate of drug-likeness (QED) is 0.239. The lowest BCUT2D eigenvalue weighted by atomic mass is 9.84. The highest BCUT2D eigenvalue weighted by Crippen LogP contribution is 2.46. The topological polar surface area (TPSA) is 36.9 Å². The first-order valence-electron chi connectivity index (χ1n) is 11.7. The molecule has 5 aromatic carbocycles. The molecule has 0 radical (unpaired) electrons. The van der Waals surface area contributed by atoms with Gasteiger partial charge in [-0.15, -0.1) is 0 Å². The highest BCUT2D eigenvalue weighted by Gasteiger charge is 2.19. The first-order valence-corrected chi connectivity index (χ1v) is 11.7. The molecule has 0 spiro atoms. The molecule has 0 aliphatic rings. The van der Waals surface area contributed by atoms with Gasteiger partial charge in [0.25, 0.3) is 0 Å². The van der Waals surface area contributed by atoms with E-state index < -0.39 is 0 Å². The second-order valence-corrected chi connectivity index (χ2v) is 8.45. The molecule has 0 atom stereocenters. The van der Waals surface area contributed by atoms with E-state index in [1.54, 1.807) is 28.4 Å². The van der Waals surface area contributed by atoms with Gasteiger partial charge in [0, 0.05) is 0 Å². The Morgan fingerprint density at radius 1 is 0.389 bits per heavy atom. The summed E-state index contributed by atoms with van der Waals surface area (Å²) in [6, 6.07) is 33.1. The van der Waals surface area contributed by atoms with Gasteiger partial charge in [-0.25, -0.2) is 0 Å². The predicted molar refractivity (Wildman–Crippen MR) is 146 cm³/mol. The first-order chi connectivity index (χ1) is 17.6. The van der Waals surface area contributed by atoms with Gasteiger partial charge in [-0.1, -0.05) is 42.5 Å². The van der Waals surface area contributed by atoms with E-state index in [2.05, 4.69) is 54.6 Å². The normalized spacial score (nSPS) is 10.8. The lowest BCUT2D eigenvalue weighted by molar-refractivity contribution is 0.414. The monoisotopic (exact) mass is 476 g/mol. The lowest BCUT2D eigenvalue weighted by Crippen LogP contribution is -1.95. The van der Waals surface area contributed by atoms with Gasteiger partial charge in [0.1, 0.15) is 23.0 Å². The summed E-state index contributed by atoms with van der Waals surface area (Å²) in [5.74, 6) is 3.27. The number of rotatable bonds is 7. The molecule has 0 heterocycles. The van der Waals surface area contributed by atoms with E-state index in [-0.39, 0.29) is 0 Å². The zero-order chi connectivity index (χ0) is 25.1. The van der Waals surface area contributed by atoms with Crippen LogP contribution in [0.3, 0.4) is 0 Å². The van der Waals surface area contributed by atoms with Crippen LogP contribution in [-0.4, -0.2) is 28.4 Å². The molecule has 0 amide bonds. The summed E-state index contributed by atoms with van der Waals surface area (Å²) < 4.78 is 21.9. The molecular formula is C32H28O4. The van der Waals surface area contributed by atoms with E-state index in [4.69, 9.17) is 18.9 Å². The van der Waals surface area contributed by atoms with Crippen molar-refractivity contribution in [2.45, 2.75) is 0 Å². The molecule has 180 valence electrons. The molecule has 0 fully saturated rings. The third-order valence-electron chi connectivity index (χ3n) is 6.51. The molecule has 0 saturated heterocycles. The molecule has 0 aliphatic heterocycles. The molecule has 0 N–H and O–H groups in total. The van der Waals surface area contributed by atoms with Crippen molar-refractivity contribution < 1.29 is 18.9 Å². The number of benzene rings is 5. The van der Waals surface area contributed by atoms with Crippen molar-refractivity contribution in [3.8, 4) is 56.4 Å². The standard InChI is InChI=1S/C32H28O4/c1-33-25-12-5-21(6-13-25)29-19-24-11-18-28(36-4)20-30(24)32(23-9-16-27(35-3)17-10-23)31(29)22-7-14-26(34-2)15-8-22/h5-20H,1-4H3. The van der Waals surface area contributed by atoms with Gasteiger partial charge in [-0.2, -0.15) is 0 Å². The van der Waals surface area contributed by atoms with Gasteiger partial charge in [-0.05, 0) is 98.8 Å². The largest absolute Gasteiger partial charge is 0.497 e. The number of hydrogen-bond acceptors (Lipinski definition) is 4. The molecule has 0 aliphatic carbocycles. The Morgan fingerprint density at radius 2 is 0.806 bits per heavy atom. The van der Waals surface area contributed by atoms with Crippen LogP contribution in [0.5, 0.6) is 23.0 Å². The van der Waals surface area contributed by atoms with Crippen LogP contribution >= 0.6 is 0 Å². The molecule has 36 heavy (non-hydrogen) atoms. The van der Waals surface area contributed by atoms with Gasteiger partial charge in [-0.3, -0.25) is 0 Å². The van der Waals surface area contributed by atoms with Gasteiger partial charge in [0.15, 0.2) is 0 Å². The second kappa shape index (κ2) is 10.0. The van der Waals surface area contributed by atoms with Crippen LogP contribution in [0.2, 0.25) is 0 Å². The van der Waals surface area contributed by atoms with Crippen LogP contribution in [0.4, 0.5) is 0 Å². The van der Waals surface area contributed by atoms with E-state index in [9.17, 15) is 0 Å². The second-order valence-electron chi connectivity index (χ2n) is 8.45. The SMILES string of the molecule is COc1ccc(-c2cc3ccc(OC)cc3c(-c3ccc(OC)cc3)c2-c2ccc(OC)cc2)cc1. The van der Waals surface area contributed by atoms with Crippen molar-refractivity contribution in [3.05, 3.63) is 97.1 Å². The maximum atomic E-state index is 5.62. The Morgan fingerprint density at radius 3 is 1.28 bits per heavy atom. The number of methoxy groups -OCH3 is 4. The fourth-order valence-electron chi connectivity index (χ4n) is 4.62. The van der Waals surface area contributed by atoms with Crippen LogP contribution < -0.4 is 18.9 Å². The first kappa shape index (κ1) is 23.3. The summed E-state index contributed by atoms with van der Waals surface area (Å²) in [5, 5.41) is 2.24. The zero-order valence-corrected chi connectivity index (χ0v) is 20.9. The highest BCUT2D eigenvalue weighted by molar-refractivity contribution is 6.10. The van der Waals surface area contributed by atoms with Crippen molar-refractivity contribution in [1.82, 2.24) is 0 Å². The van der Waals surface area contributed by atoms with Crippen LogP contribution in [0.1, 0.15) is 0 Å². The van der Waals surface area contributed by atoms with Crippen LogP contribution in [0.15, 0.2) is 97.1 Å². The van der Waals surface area contributed by atoms with Gasteiger partial charge >= 0.3 is 0 Å². The maximum Gasteiger partial charge on any atom is 0.119 e. The molecular weight excluding hydrogens is 448 g/mol. The summed E-state index contributed by atoms with van der Waals surface area (Å²) in [5.41, 5.74) is 6.69. The fourth-order valence-corrected chi connectivity index (χ4v) is 4.62. The molecule has 0 unspecified atom stereocenters. The number of hydrogen-bond donors (Lipinski definition) is 0. The minimum Gasteiger partial charge on any atom is -0.497 e. The molecule has 4 nitrogen and oxygen atoms in total. The summed E-state index contributed by atoms with van der Waals surface area (Å²) in [6.45, 7) is 0. The predicted octanol–water partition coefficient (Wildman–Crippen LogP) is 7.88. The third-order valence-corrected chi connectivity index (χ3v) is 6.51. The van der Waals surface area contributed by atoms with E-state index in [1.165, 1.54) is 0 Å². The van der Waals surface area contributed by atoms with E-state index in [1.807, 2.05) is 42.5 Å². The Kier molecular flexibility index (Phi) is 6.50. The maximum absolute atomic E-state index is 5.62. The van der Waals surface area contributed by atoms with Gasteiger partial charge < -0.3 is 18.9 Å². The molecule has 0 saturated carbocycles. The van der Waals surface area contributed by atoms with E-state index in [0.29, 0.717) is 0 Å². The molecule has 0 bridgehead atoms. The fraction of sp³-hybridized carbons (Fsp3) is 0.125. The average Bonchev–Trinajstić information content (AvgIpc) is 2.96. The van der Waals surface area contributed by atoms with E-state index >= 15 is 0 Å². The Hall–Kier alpha value is -4.44. The number of fused-ring (bicyclic) bond motifs is 1. The lowest BCUT2D eigenvalue weighted by Gasteiger charge is -2.20. The number of ether oxygens (including phenoxy) is 4. The highest BCUT2D eigenvalue weighted by atomic mass is 16.5. The minimum absolute atomic E-state index is 0.815. The van der Waals surface area contributed by atoms with Crippen LogP contribution in [0.25, 0.3) is 44.2 Å². The van der Waals surface area contributed by atoms with Gasteiger partial charge in [0.2, 0.25) is 0 Å².